The number of aromatic nitrogens is 1. The topological polar surface area (TPSA) is 55.3 Å². The molecule has 4 nitrogen and oxygen atoms in total. The zero-order chi connectivity index (χ0) is 12.4. The Morgan fingerprint density at radius 2 is 1.80 bits per heavy atom. The normalized spacial score (nSPS) is 14.6. The van der Waals surface area contributed by atoms with Gasteiger partial charge >= 0.3 is 0 Å². The van der Waals surface area contributed by atoms with E-state index in [0.29, 0.717) is 6.01 Å². The fraction of sp³-hybridized carbons (Fsp3) is 0.357. The predicted molar refractivity (Wildman–Crippen MR) is 84.5 cm³/mol. The van der Waals surface area contributed by atoms with Gasteiger partial charge in [0.1, 0.15) is 5.76 Å². The monoisotopic (exact) mass is 315 g/mol. The van der Waals surface area contributed by atoms with Crippen LogP contribution in [0.15, 0.2) is 34.7 Å². The van der Waals surface area contributed by atoms with Crippen LogP contribution in [0, 0.1) is 0 Å². The van der Waals surface area contributed by atoms with E-state index in [2.05, 4.69) is 34.1 Å². The molecule has 1 aromatic carbocycles. The van der Waals surface area contributed by atoms with Crippen molar-refractivity contribution in [2.45, 2.75) is 19.4 Å². The van der Waals surface area contributed by atoms with E-state index >= 15 is 0 Å². The van der Waals surface area contributed by atoms with Crippen molar-refractivity contribution in [1.82, 2.24) is 9.88 Å². The minimum Gasteiger partial charge on any atom is -0.429 e. The van der Waals surface area contributed by atoms with Gasteiger partial charge < -0.3 is 10.2 Å². The number of fused-ring (bicyclic) bond motifs is 1. The minimum atomic E-state index is 0. The van der Waals surface area contributed by atoms with Crippen LogP contribution < -0.4 is 5.73 Å². The van der Waals surface area contributed by atoms with Crippen molar-refractivity contribution in [3.05, 3.63) is 47.3 Å². The molecular formula is C14H19Cl2N3O. The summed E-state index contributed by atoms with van der Waals surface area (Å²) in [4.78, 5) is 6.67. The highest BCUT2D eigenvalue weighted by Crippen LogP contribution is 2.19. The SMILES string of the molecule is Cl.Cl.Nc1nc2c(o1)CCN(Cc1ccccc1)CC2. The summed E-state index contributed by atoms with van der Waals surface area (Å²) in [5, 5.41) is 0. The van der Waals surface area contributed by atoms with Crippen LogP contribution in [0.1, 0.15) is 17.0 Å². The van der Waals surface area contributed by atoms with Gasteiger partial charge in [0, 0.05) is 32.5 Å². The molecule has 0 bridgehead atoms. The summed E-state index contributed by atoms with van der Waals surface area (Å²) in [7, 11) is 0. The minimum absolute atomic E-state index is 0. The van der Waals surface area contributed by atoms with Crippen molar-refractivity contribution in [2.75, 3.05) is 18.8 Å². The van der Waals surface area contributed by atoms with Crippen molar-refractivity contribution >= 4 is 30.8 Å². The number of hydrogen-bond acceptors (Lipinski definition) is 4. The zero-order valence-corrected chi connectivity index (χ0v) is 12.8. The van der Waals surface area contributed by atoms with Gasteiger partial charge in [-0.05, 0) is 5.56 Å². The van der Waals surface area contributed by atoms with Gasteiger partial charge in [-0.25, -0.2) is 0 Å². The summed E-state index contributed by atoms with van der Waals surface area (Å²) < 4.78 is 5.42. The van der Waals surface area contributed by atoms with E-state index in [9.17, 15) is 0 Å². The van der Waals surface area contributed by atoms with Crippen LogP contribution in [0.4, 0.5) is 6.01 Å². The summed E-state index contributed by atoms with van der Waals surface area (Å²) in [5.41, 5.74) is 7.96. The maximum absolute atomic E-state index is 5.58. The van der Waals surface area contributed by atoms with Gasteiger partial charge in [0.15, 0.2) is 0 Å². The van der Waals surface area contributed by atoms with E-state index in [4.69, 9.17) is 10.2 Å². The summed E-state index contributed by atoms with van der Waals surface area (Å²) >= 11 is 0. The Morgan fingerprint density at radius 1 is 1.10 bits per heavy atom. The number of oxazole rings is 1. The molecular weight excluding hydrogens is 297 g/mol. The number of nitrogen functional groups attached to an aromatic ring is 1. The molecule has 0 unspecified atom stereocenters. The molecule has 110 valence electrons. The van der Waals surface area contributed by atoms with Gasteiger partial charge in [-0.3, -0.25) is 4.90 Å². The molecule has 1 aromatic heterocycles. The summed E-state index contributed by atoms with van der Waals surface area (Å²) in [5.74, 6) is 0.961. The van der Waals surface area contributed by atoms with Crippen molar-refractivity contribution < 1.29 is 4.42 Å². The second kappa shape index (κ2) is 7.53. The number of benzene rings is 1. The first-order valence-electron chi connectivity index (χ1n) is 6.31. The first-order valence-corrected chi connectivity index (χ1v) is 6.31. The van der Waals surface area contributed by atoms with Crippen LogP contribution in [0.5, 0.6) is 0 Å². The lowest BCUT2D eigenvalue weighted by atomic mass is 10.2. The van der Waals surface area contributed by atoms with Crippen LogP contribution >= 0.6 is 24.8 Å². The second-order valence-corrected chi connectivity index (χ2v) is 4.68. The molecule has 1 aliphatic heterocycles. The first-order chi connectivity index (χ1) is 8.81. The second-order valence-electron chi connectivity index (χ2n) is 4.68. The fourth-order valence-corrected chi connectivity index (χ4v) is 2.43. The molecule has 0 saturated heterocycles. The summed E-state index contributed by atoms with van der Waals surface area (Å²) in [6.07, 6.45) is 1.81. The Hall–Kier alpha value is -1.23. The number of halogens is 2. The van der Waals surface area contributed by atoms with E-state index < -0.39 is 0 Å². The van der Waals surface area contributed by atoms with E-state index in [1.807, 2.05) is 6.07 Å². The highest BCUT2D eigenvalue weighted by atomic mass is 35.5. The lowest BCUT2D eigenvalue weighted by molar-refractivity contribution is 0.274. The maximum atomic E-state index is 5.58. The number of hydrogen-bond donors (Lipinski definition) is 1. The van der Waals surface area contributed by atoms with Gasteiger partial charge in [0.2, 0.25) is 0 Å². The van der Waals surface area contributed by atoms with Crippen LogP contribution in [0.25, 0.3) is 0 Å². The van der Waals surface area contributed by atoms with Crippen LogP contribution in [0.2, 0.25) is 0 Å². The molecule has 0 aliphatic carbocycles. The summed E-state index contributed by atoms with van der Waals surface area (Å²) in [6.45, 7) is 2.99. The Morgan fingerprint density at radius 3 is 2.55 bits per heavy atom. The van der Waals surface area contributed by atoms with Crippen LogP contribution in [-0.2, 0) is 19.4 Å². The van der Waals surface area contributed by atoms with E-state index in [-0.39, 0.29) is 24.8 Å². The molecule has 2 aromatic rings. The molecule has 6 heteroatoms. The number of rotatable bonds is 2. The molecule has 2 heterocycles. The molecule has 0 atom stereocenters. The van der Waals surface area contributed by atoms with Crippen molar-refractivity contribution in [3.63, 3.8) is 0 Å². The van der Waals surface area contributed by atoms with E-state index in [1.165, 1.54) is 5.56 Å². The fourth-order valence-electron chi connectivity index (χ4n) is 2.43. The van der Waals surface area contributed by atoms with Gasteiger partial charge in [0.05, 0.1) is 5.69 Å². The number of anilines is 1. The van der Waals surface area contributed by atoms with Gasteiger partial charge in [-0.1, -0.05) is 30.3 Å². The third-order valence-corrected chi connectivity index (χ3v) is 3.36. The van der Waals surface area contributed by atoms with Gasteiger partial charge in [-0.15, -0.1) is 24.8 Å². The maximum Gasteiger partial charge on any atom is 0.292 e. The molecule has 0 radical (unpaired) electrons. The van der Waals surface area contributed by atoms with Crippen molar-refractivity contribution in [1.29, 1.82) is 0 Å². The quantitative estimate of drug-likeness (QED) is 0.925. The highest BCUT2D eigenvalue weighted by Gasteiger charge is 2.18. The zero-order valence-electron chi connectivity index (χ0n) is 11.1. The Balaban J connectivity index is 0.000001000. The molecule has 1 aliphatic rings. The molecule has 3 rings (SSSR count). The molecule has 2 N–H and O–H groups in total. The largest absolute Gasteiger partial charge is 0.429 e. The third kappa shape index (κ3) is 3.88. The lowest BCUT2D eigenvalue weighted by Gasteiger charge is -2.19. The van der Waals surface area contributed by atoms with Crippen LogP contribution in [-0.4, -0.2) is 23.0 Å². The standard InChI is InChI=1S/C14H17N3O.2ClH/c15-14-16-12-6-8-17(9-7-13(12)18-14)10-11-4-2-1-3-5-11;;/h1-5H,6-10H2,(H2,15,16);2*1H. The van der Waals surface area contributed by atoms with Gasteiger partial charge in [0.25, 0.3) is 6.01 Å². The predicted octanol–water partition coefficient (Wildman–Crippen LogP) is 2.70. The molecule has 0 fully saturated rings. The average Bonchev–Trinajstić information content (AvgIpc) is 2.65. The van der Waals surface area contributed by atoms with Crippen molar-refractivity contribution in [2.24, 2.45) is 0 Å². The first kappa shape index (κ1) is 16.8. The Bertz CT molecular complexity index is 505. The van der Waals surface area contributed by atoms with E-state index in [1.54, 1.807) is 0 Å². The third-order valence-electron chi connectivity index (χ3n) is 3.36. The van der Waals surface area contributed by atoms with Gasteiger partial charge in [-0.2, -0.15) is 4.98 Å². The number of nitrogens with zero attached hydrogens (tertiary/aromatic N) is 2. The Labute approximate surface area is 131 Å². The number of nitrogens with two attached hydrogens (primary N) is 1. The highest BCUT2D eigenvalue weighted by molar-refractivity contribution is 5.85. The molecule has 20 heavy (non-hydrogen) atoms. The van der Waals surface area contributed by atoms with Crippen LogP contribution in [0.3, 0.4) is 0 Å². The smallest absolute Gasteiger partial charge is 0.292 e. The van der Waals surface area contributed by atoms with E-state index in [0.717, 1.165) is 43.9 Å². The summed E-state index contributed by atoms with van der Waals surface area (Å²) in [6, 6.07) is 10.8. The average molecular weight is 316 g/mol. The Kier molecular flexibility index (Phi) is 6.33. The molecule has 0 saturated carbocycles. The molecule has 0 spiro atoms. The lowest BCUT2D eigenvalue weighted by Crippen LogP contribution is -2.26. The molecule has 0 amide bonds. The van der Waals surface area contributed by atoms with Crippen molar-refractivity contribution in [3.8, 4) is 0 Å².